The predicted molar refractivity (Wildman–Crippen MR) is 582 cm³/mol. The van der Waals surface area contributed by atoms with Crippen LogP contribution >= 0.6 is 0 Å². The third kappa shape index (κ3) is 22.8. The summed E-state index contributed by atoms with van der Waals surface area (Å²) in [5.74, 6) is 0. The zero-order valence-electron chi connectivity index (χ0n) is 79.9. The molecule has 21 aromatic rings. The third-order valence-corrected chi connectivity index (χ3v) is 37.6. The second kappa shape index (κ2) is 45.4. The molecule has 14 aromatic carbocycles. The van der Waals surface area contributed by atoms with Crippen LogP contribution < -0.4 is 36.3 Å². The number of sulfone groups is 1. The van der Waals surface area contributed by atoms with Crippen molar-refractivity contribution in [3.05, 3.63) is 480 Å². The Morgan fingerprint density at radius 1 is 0.270 bits per heavy atom. The van der Waals surface area contributed by atoms with Crippen molar-refractivity contribution in [2.75, 3.05) is 0 Å². The van der Waals surface area contributed by atoms with Crippen molar-refractivity contribution < 1.29 is 73.2 Å². The van der Waals surface area contributed by atoms with Gasteiger partial charge in [0.2, 0.25) is 0 Å². The predicted octanol–water partition coefficient (Wildman–Crippen LogP) is 26.3. The molecule has 0 aliphatic carbocycles. The Labute approximate surface area is 873 Å². The standard InChI is InChI=1S/C38H32NSi2.C27H24NOSi.C26H22NO2SSi.3C11H8N.3Ir/c1-40(2,3)38-27-39-35(26-33(38)28-15-7-4-8-16-28)29-23-24-37-34(25-29)32-21-13-14-22-36(32)41(37,30-17-9-5-10-18-30)31-19-11-6-12-20-31;1-18-9-11-19(12-10-18)22-16-24(28-17-27(22)30(2,3)4)20-13-14-26-23(15-20)21-7-5-6-8-25(21)29-26;1-31(2,3)26-17-27-23(16-21(26)18-9-5-4-6-10-18)19-13-14-25-22(15-19)20-11-7-8-12-24(20)30(25,28)29;3*1-2-6-10(7-3-1)11-8-4-5-9-12-11;;;/h4-22,24-27H,1-3H3;5-12,14-17H,1-4H3;4-12,14-17H,1-3H3;3*1-6,8-9H;;;/q6*-1;;;. The summed E-state index contributed by atoms with van der Waals surface area (Å²) in [7, 11) is -10.8. The number of nitrogens with zero attached hydrogens (tertiary/aromatic N) is 6. The summed E-state index contributed by atoms with van der Waals surface area (Å²) in [5.41, 5.74) is 26.1. The van der Waals surface area contributed by atoms with E-state index in [4.69, 9.17) is 19.4 Å². The number of aryl methyl sites for hydroxylation is 1. The number of hydrogen-bond donors (Lipinski definition) is 0. The van der Waals surface area contributed by atoms with Crippen molar-refractivity contribution in [3.8, 4) is 123 Å². The average molecular weight is 2450 g/mol. The molecule has 141 heavy (non-hydrogen) atoms. The van der Waals surface area contributed by atoms with Crippen molar-refractivity contribution in [1.82, 2.24) is 29.9 Å². The average Bonchev–Trinajstić information content (AvgIpc) is 1.54. The summed E-state index contributed by atoms with van der Waals surface area (Å²) in [4.78, 5) is 28.0. The molecule has 9 nitrogen and oxygen atoms in total. The van der Waals surface area contributed by atoms with Gasteiger partial charge in [0, 0.05) is 103 Å². The van der Waals surface area contributed by atoms with Gasteiger partial charge >= 0.3 is 0 Å². The minimum atomic E-state index is -3.49. The molecule has 0 amide bonds. The third-order valence-electron chi connectivity index (χ3n) is 24.8. The number of benzene rings is 14. The normalized spacial score (nSPS) is 12.0. The van der Waals surface area contributed by atoms with Crippen LogP contribution in [-0.2, 0) is 70.2 Å². The van der Waals surface area contributed by atoms with E-state index in [0.717, 1.165) is 106 Å². The maximum atomic E-state index is 12.9. The van der Waals surface area contributed by atoms with Crippen molar-refractivity contribution in [3.63, 3.8) is 0 Å². The van der Waals surface area contributed by atoms with Gasteiger partial charge in [-0.05, 0) is 142 Å². The van der Waals surface area contributed by atoms with Gasteiger partial charge in [0.15, 0.2) is 9.84 Å². The number of furan rings is 1. The SMILES string of the molecule is C[Si](C)(C)c1cnc(-c2[c-]cc3c(c2)-c2ccccc2S3(=O)=O)cc1-c1ccccc1.C[Si](C)(C)c1cnc(-c2[c-]cc3c(c2)-c2ccccc2[Si]3(c2ccccc2)c2ccccc2)cc1-c1ccccc1.Cc1ccc(-c2cc(-c3[c-]cc4oc5ccccc5c4c3)ncc2[Si](C)(C)C)cc1.[Ir].[Ir].[Ir].[c-]1ccccc1-c1ccccn1.[c-]1ccccc1-c1ccccn1.[c-]1ccccc1-c1ccccn1. The van der Waals surface area contributed by atoms with Gasteiger partial charge in [0.1, 0.15) is 13.7 Å². The molecular formula is C124H102Ir3N6O3SSi4-6. The van der Waals surface area contributed by atoms with Crippen molar-refractivity contribution in [1.29, 1.82) is 0 Å². The number of rotatable bonds is 14. The molecule has 0 fully saturated rings. The van der Waals surface area contributed by atoms with E-state index < -0.39 is 42.1 Å². The van der Waals surface area contributed by atoms with Gasteiger partial charge < -0.3 is 34.3 Å². The Hall–Kier alpha value is -13.5. The maximum absolute atomic E-state index is 12.9. The van der Waals surface area contributed by atoms with Crippen LogP contribution in [-0.4, -0.2) is 70.6 Å². The molecule has 0 unspecified atom stereocenters. The Kier molecular flexibility index (Phi) is 32.8. The summed E-state index contributed by atoms with van der Waals surface area (Å²) in [6.45, 7) is 23.4. The van der Waals surface area contributed by atoms with E-state index in [1.807, 2.05) is 194 Å². The molecule has 0 N–H and O–H groups in total. The quantitative estimate of drug-likeness (QED) is 0.0773. The van der Waals surface area contributed by atoms with Crippen LogP contribution in [0.3, 0.4) is 0 Å². The summed E-state index contributed by atoms with van der Waals surface area (Å²) in [6.07, 6.45) is 11.6. The largest absolute Gasteiger partial charge is 0.500 e. The molecule has 23 rings (SSSR count). The van der Waals surface area contributed by atoms with E-state index in [-0.39, 0.29) is 60.3 Å². The van der Waals surface area contributed by atoms with Crippen LogP contribution in [0.25, 0.3) is 145 Å². The van der Waals surface area contributed by atoms with Crippen LogP contribution in [0.5, 0.6) is 0 Å². The zero-order valence-corrected chi connectivity index (χ0v) is 91.9. The summed E-state index contributed by atoms with van der Waals surface area (Å²) >= 11 is 0. The maximum Gasteiger partial charge on any atom is 0.173 e. The Morgan fingerprint density at radius 3 is 1.09 bits per heavy atom. The molecule has 9 heterocycles. The molecule has 2 aliphatic heterocycles. The van der Waals surface area contributed by atoms with Crippen LogP contribution in [0.1, 0.15) is 5.56 Å². The first kappa shape index (κ1) is 102. The van der Waals surface area contributed by atoms with Crippen LogP contribution in [0, 0.1) is 43.3 Å². The topological polar surface area (TPSA) is 125 Å². The van der Waals surface area contributed by atoms with Crippen molar-refractivity contribution in [2.24, 2.45) is 0 Å². The van der Waals surface area contributed by atoms with E-state index in [9.17, 15) is 8.42 Å². The number of hydrogen-bond acceptors (Lipinski definition) is 9. The van der Waals surface area contributed by atoms with Gasteiger partial charge in [-0.15, -0.1) is 184 Å². The fourth-order valence-electron chi connectivity index (χ4n) is 18.0. The van der Waals surface area contributed by atoms with Crippen LogP contribution in [0.4, 0.5) is 0 Å². The van der Waals surface area contributed by atoms with E-state index in [0.29, 0.717) is 9.79 Å². The molecule has 0 atom stereocenters. The first-order valence-corrected chi connectivity index (χ1v) is 60.4. The Morgan fingerprint density at radius 2 is 0.645 bits per heavy atom. The van der Waals surface area contributed by atoms with E-state index in [2.05, 4.69) is 324 Å². The van der Waals surface area contributed by atoms with Gasteiger partial charge in [-0.1, -0.05) is 352 Å². The molecule has 0 saturated heterocycles. The Balaban J connectivity index is 0.000000135. The molecular weight excluding hydrogens is 2340 g/mol. The van der Waals surface area contributed by atoms with E-state index >= 15 is 0 Å². The van der Waals surface area contributed by atoms with E-state index in [1.54, 1.807) is 36.8 Å². The van der Waals surface area contributed by atoms with Gasteiger partial charge in [-0.3, -0.25) is 0 Å². The first-order chi connectivity index (χ1) is 67.0. The zero-order chi connectivity index (χ0) is 95.4. The van der Waals surface area contributed by atoms with Crippen LogP contribution in [0.15, 0.2) is 452 Å². The smallest absolute Gasteiger partial charge is 0.173 e. The fourth-order valence-corrected chi connectivity index (χ4v) is 29.1. The van der Waals surface area contributed by atoms with Crippen molar-refractivity contribution >= 4 is 100 Å². The van der Waals surface area contributed by atoms with E-state index in [1.165, 1.54) is 80.8 Å². The Bertz CT molecular complexity index is 7610. The minimum absolute atomic E-state index is 0. The van der Waals surface area contributed by atoms with Gasteiger partial charge in [-0.25, -0.2) is 8.42 Å². The first-order valence-electron chi connectivity index (χ1n) is 46.4. The number of para-hydroxylation sites is 1. The molecule has 17 heteroatoms. The number of fused-ring (bicyclic) bond motifs is 9. The number of aromatic nitrogens is 6. The molecule has 3 radical (unpaired) electrons. The molecule has 0 spiro atoms. The fraction of sp³-hybridized carbons (Fsp3) is 0.0806. The summed E-state index contributed by atoms with van der Waals surface area (Å²) < 4.78 is 31.7. The molecule has 701 valence electrons. The molecule has 7 aromatic heterocycles. The monoisotopic (exact) mass is 2450 g/mol. The van der Waals surface area contributed by atoms with Gasteiger partial charge in [-0.2, -0.15) is 0 Å². The summed E-state index contributed by atoms with van der Waals surface area (Å²) in [5, 5.41) is 12.0. The second-order valence-corrected chi connectivity index (χ2v) is 58.0. The number of pyridine rings is 6. The minimum Gasteiger partial charge on any atom is -0.500 e. The molecule has 0 saturated carbocycles. The molecule has 2 aliphatic rings. The van der Waals surface area contributed by atoms with Crippen molar-refractivity contribution in [2.45, 2.75) is 75.6 Å². The molecule has 0 bridgehead atoms. The second-order valence-electron chi connectivity index (χ2n) is 37.2. The van der Waals surface area contributed by atoms with Crippen LogP contribution in [0.2, 0.25) is 58.9 Å². The summed E-state index contributed by atoms with van der Waals surface area (Å²) in [6, 6.07) is 156. The van der Waals surface area contributed by atoms with Gasteiger partial charge in [0.25, 0.3) is 0 Å². The van der Waals surface area contributed by atoms with Gasteiger partial charge in [0.05, 0.1) is 34.7 Å².